The Bertz CT molecular complexity index is 1910. The minimum absolute atomic E-state index is 0.0117. The molecule has 2 bridgehead atoms. The molecule has 8 atom stereocenters. The van der Waals surface area contributed by atoms with Gasteiger partial charge in [-0.25, -0.2) is 13.6 Å². The molecule has 3 aromatic rings. The molecule has 2 aliphatic carbocycles. The number of aromatic amines is 1. The summed E-state index contributed by atoms with van der Waals surface area (Å²) in [6.45, 7) is 3.69. The number of phenolic OH excluding ortho intramolecular Hbond substituents is 1. The van der Waals surface area contributed by atoms with Crippen molar-refractivity contribution in [3.8, 4) is 11.5 Å². The first-order valence-electron chi connectivity index (χ1n) is 14.5. The fourth-order valence-corrected chi connectivity index (χ4v) is 11.3. The number of H-pyrrole nitrogens is 1. The Morgan fingerprint density at radius 1 is 1.13 bits per heavy atom. The van der Waals surface area contributed by atoms with Gasteiger partial charge >= 0.3 is 4.87 Å². The van der Waals surface area contributed by atoms with Gasteiger partial charge in [0.15, 0.2) is 11.5 Å². The van der Waals surface area contributed by atoms with Crippen LogP contribution in [-0.4, -0.2) is 59.0 Å². The van der Waals surface area contributed by atoms with Crippen LogP contribution in [0.5, 0.6) is 11.5 Å². The molecule has 0 radical (unpaired) electrons. The maximum absolute atomic E-state index is 14.0. The quantitative estimate of drug-likeness (QED) is 0.274. The van der Waals surface area contributed by atoms with Crippen LogP contribution in [0.2, 0.25) is 0 Å². The number of primary sulfonamides is 1. The Morgan fingerprint density at radius 3 is 2.49 bits per heavy atom. The lowest BCUT2D eigenvalue weighted by Gasteiger charge is -2.43. The number of phenols is 1. The van der Waals surface area contributed by atoms with Gasteiger partial charge in [0.05, 0.1) is 28.4 Å². The van der Waals surface area contributed by atoms with Gasteiger partial charge in [-0.1, -0.05) is 17.4 Å². The van der Waals surface area contributed by atoms with E-state index in [2.05, 4.69) is 10.3 Å². The Morgan fingerprint density at radius 2 is 1.82 bits per heavy atom. The molecular formula is C30H30N4O8S3. The van der Waals surface area contributed by atoms with E-state index in [1.807, 2.05) is 13.0 Å². The second kappa shape index (κ2) is 10.7. The standard InChI is InChI=1S/C30H30N4O8S3/c1-3-42-19-10-13(4-9-18(19)35)20-21-16-11-17(24(21)43-27-25(20)44-30(39)33-27)23-22(16)28(37)34(29(23)38)12(2)26(36)32-14-5-7-15(8-6-14)45(31,40)41/h4-10,12,16-17,20-24,35H,3,11H2,1-2H3,(H,32,36)(H,33,39)(H2,31,40,41). The number of carbonyl (C=O) groups is 3. The Labute approximate surface area is 266 Å². The number of rotatable bonds is 7. The number of thioether (sulfide) groups is 1. The second-order valence-electron chi connectivity index (χ2n) is 11.9. The predicted molar refractivity (Wildman–Crippen MR) is 166 cm³/mol. The molecule has 3 fully saturated rings. The lowest BCUT2D eigenvalue weighted by atomic mass is 9.68. The molecular weight excluding hydrogens is 641 g/mol. The second-order valence-corrected chi connectivity index (χ2v) is 15.7. The molecule has 4 aliphatic rings. The van der Waals surface area contributed by atoms with Crippen molar-refractivity contribution in [2.75, 3.05) is 11.9 Å². The Kier molecular flexibility index (Phi) is 7.15. The number of hydrogen-bond donors (Lipinski definition) is 4. The van der Waals surface area contributed by atoms with Gasteiger partial charge in [0.2, 0.25) is 27.7 Å². The third-order valence-electron chi connectivity index (χ3n) is 9.62. The molecule has 3 heterocycles. The van der Waals surface area contributed by atoms with Crippen molar-refractivity contribution < 1.29 is 32.6 Å². The zero-order chi connectivity index (χ0) is 31.9. The summed E-state index contributed by atoms with van der Waals surface area (Å²) in [5.74, 6) is -2.70. The van der Waals surface area contributed by atoms with E-state index >= 15 is 0 Å². The predicted octanol–water partition coefficient (Wildman–Crippen LogP) is 2.69. The minimum Gasteiger partial charge on any atom is -0.504 e. The van der Waals surface area contributed by atoms with E-state index in [9.17, 15) is 32.7 Å². The highest BCUT2D eigenvalue weighted by molar-refractivity contribution is 8.00. The van der Waals surface area contributed by atoms with E-state index in [1.165, 1.54) is 31.2 Å². The largest absolute Gasteiger partial charge is 0.504 e. The summed E-state index contributed by atoms with van der Waals surface area (Å²) in [5, 5.41) is 18.9. The number of imide groups is 1. The van der Waals surface area contributed by atoms with Crippen LogP contribution in [0, 0.1) is 29.6 Å². The van der Waals surface area contributed by atoms with E-state index in [-0.39, 0.29) is 56.3 Å². The van der Waals surface area contributed by atoms with Crippen LogP contribution in [-0.2, 0) is 24.4 Å². The van der Waals surface area contributed by atoms with Gasteiger partial charge in [-0.3, -0.25) is 24.1 Å². The number of benzene rings is 2. The number of nitrogens with one attached hydrogen (secondary N) is 2. The normalized spacial score (nSPS) is 28.9. The zero-order valence-corrected chi connectivity index (χ0v) is 26.6. The maximum atomic E-state index is 14.0. The number of anilines is 1. The molecule has 3 amide bonds. The maximum Gasteiger partial charge on any atom is 0.305 e. The Balaban J connectivity index is 1.18. The summed E-state index contributed by atoms with van der Waals surface area (Å²) >= 11 is 2.70. The lowest BCUT2D eigenvalue weighted by Crippen LogP contribution is -2.46. The van der Waals surface area contributed by atoms with Gasteiger partial charge in [-0.05, 0) is 80.0 Å². The molecule has 8 unspecified atom stereocenters. The summed E-state index contributed by atoms with van der Waals surface area (Å²) in [7, 11) is -3.91. The van der Waals surface area contributed by atoms with Crippen LogP contribution in [0.15, 0.2) is 57.2 Å². The topological polar surface area (TPSA) is 189 Å². The summed E-state index contributed by atoms with van der Waals surface area (Å²) in [6, 6.07) is 9.40. The number of nitrogens with zero attached hydrogens (tertiary/aromatic N) is 1. The first-order valence-corrected chi connectivity index (χ1v) is 17.8. The average Bonchev–Trinajstić information content (AvgIpc) is 3.72. The summed E-state index contributed by atoms with van der Waals surface area (Å²) in [4.78, 5) is 58.3. The highest BCUT2D eigenvalue weighted by Crippen LogP contribution is 2.68. The number of thiazole rings is 1. The van der Waals surface area contributed by atoms with Crippen LogP contribution in [0.1, 0.15) is 36.6 Å². The summed E-state index contributed by atoms with van der Waals surface area (Å²) in [6.07, 6.45) is 0.687. The molecule has 2 aliphatic heterocycles. The Hall–Kier alpha value is -3.66. The zero-order valence-electron chi connectivity index (χ0n) is 24.1. The number of nitrogens with two attached hydrogens (primary N) is 1. The third kappa shape index (κ3) is 4.70. The molecule has 1 saturated heterocycles. The third-order valence-corrected chi connectivity index (χ3v) is 13.1. The first kappa shape index (κ1) is 30.0. The fraction of sp³-hybridized carbons (Fsp3) is 0.400. The van der Waals surface area contributed by atoms with Crippen molar-refractivity contribution in [3.63, 3.8) is 0 Å². The van der Waals surface area contributed by atoms with Crippen LogP contribution >= 0.6 is 23.1 Å². The first-order chi connectivity index (χ1) is 21.4. The van der Waals surface area contributed by atoms with Crippen molar-refractivity contribution in [1.29, 1.82) is 0 Å². The number of fused-ring (bicyclic) bond motifs is 9. The van der Waals surface area contributed by atoms with E-state index in [1.54, 1.807) is 23.9 Å². The molecule has 2 saturated carbocycles. The van der Waals surface area contributed by atoms with Gasteiger partial charge in [-0.2, -0.15) is 0 Å². The molecule has 5 N–H and O–H groups in total. The van der Waals surface area contributed by atoms with Crippen molar-refractivity contribution >= 4 is 56.5 Å². The van der Waals surface area contributed by atoms with Crippen molar-refractivity contribution in [1.82, 2.24) is 9.88 Å². The molecule has 236 valence electrons. The number of hydrogen-bond acceptors (Lipinski definition) is 10. The highest BCUT2D eigenvalue weighted by atomic mass is 32.2. The molecule has 45 heavy (non-hydrogen) atoms. The van der Waals surface area contributed by atoms with Crippen LogP contribution in [0.3, 0.4) is 0 Å². The summed E-state index contributed by atoms with van der Waals surface area (Å²) in [5.41, 5.74) is 1.16. The van der Waals surface area contributed by atoms with Crippen LogP contribution in [0.25, 0.3) is 0 Å². The van der Waals surface area contributed by atoms with Crippen LogP contribution in [0.4, 0.5) is 5.69 Å². The number of carbonyl (C=O) groups excluding carboxylic acids is 3. The lowest BCUT2D eigenvalue weighted by molar-refractivity contribution is -0.146. The van der Waals surface area contributed by atoms with Gasteiger partial charge in [0.25, 0.3) is 0 Å². The SMILES string of the molecule is CCOc1cc(C2c3sc(=O)[nH]c3SC3C4CC(C5C(=O)N(C(C)C(=O)Nc6ccc(S(N)(=O)=O)cc6)C(=O)C45)C23)ccc1O. The molecule has 0 spiro atoms. The number of sulfonamides is 1. The van der Waals surface area contributed by atoms with Crippen molar-refractivity contribution in [2.45, 2.75) is 47.4 Å². The number of amides is 3. The van der Waals surface area contributed by atoms with Gasteiger partial charge in [0, 0.05) is 21.7 Å². The fourth-order valence-electron chi connectivity index (χ4n) is 7.88. The van der Waals surface area contributed by atoms with E-state index in [0.29, 0.717) is 24.5 Å². The molecule has 12 nitrogen and oxygen atoms in total. The van der Waals surface area contributed by atoms with E-state index < -0.39 is 33.8 Å². The smallest absolute Gasteiger partial charge is 0.305 e. The molecule has 1 aromatic heterocycles. The summed E-state index contributed by atoms with van der Waals surface area (Å²) < 4.78 is 28.8. The minimum atomic E-state index is -3.91. The van der Waals surface area contributed by atoms with Gasteiger partial charge < -0.3 is 20.1 Å². The monoisotopic (exact) mass is 670 g/mol. The number of likely N-dealkylation sites (tertiary alicyclic amines) is 1. The van der Waals surface area contributed by atoms with Crippen molar-refractivity contribution in [2.24, 2.45) is 34.7 Å². The number of aromatic hydroxyl groups is 1. The van der Waals surface area contributed by atoms with E-state index in [4.69, 9.17) is 9.88 Å². The molecule has 15 heteroatoms. The number of ether oxygens (including phenoxy) is 1. The molecule has 7 rings (SSSR count). The highest BCUT2D eigenvalue weighted by Gasteiger charge is 2.70. The van der Waals surface area contributed by atoms with Gasteiger partial charge in [0.1, 0.15) is 6.04 Å². The van der Waals surface area contributed by atoms with Crippen LogP contribution < -0.4 is 20.1 Å². The number of aromatic nitrogens is 1. The van der Waals surface area contributed by atoms with E-state index in [0.717, 1.165) is 31.7 Å². The average molecular weight is 671 g/mol. The van der Waals surface area contributed by atoms with Gasteiger partial charge in [-0.15, -0.1) is 11.8 Å². The van der Waals surface area contributed by atoms with Crippen molar-refractivity contribution in [3.05, 3.63) is 62.6 Å². The molecule has 2 aromatic carbocycles.